The van der Waals surface area contributed by atoms with E-state index in [9.17, 15) is 9.59 Å². The molecule has 1 aromatic heterocycles. The molecule has 25 heavy (non-hydrogen) atoms. The monoisotopic (exact) mass is 342 g/mol. The quantitative estimate of drug-likeness (QED) is 0.814. The lowest BCUT2D eigenvalue weighted by Gasteiger charge is -2.20. The lowest BCUT2D eigenvalue weighted by atomic mass is 10.1. The summed E-state index contributed by atoms with van der Waals surface area (Å²) in [5.74, 6) is 0.303. The number of ether oxygens (including phenoxy) is 1. The fourth-order valence-corrected chi connectivity index (χ4v) is 3.05. The van der Waals surface area contributed by atoms with E-state index in [1.807, 2.05) is 30.0 Å². The Hall–Kier alpha value is -2.76. The van der Waals surface area contributed by atoms with Gasteiger partial charge in [0.15, 0.2) is 0 Å². The van der Waals surface area contributed by atoms with E-state index < -0.39 is 0 Å². The minimum atomic E-state index is -0.388. The van der Waals surface area contributed by atoms with Gasteiger partial charge in [-0.2, -0.15) is 0 Å². The number of hydrogen-bond acceptors (Lipinski definition) is 5. The van der Waals surface area contributed by atoms with Crippen molar-refractivity contribution in [3.8, 4) is 0 Å². The van der Waals surface area contributed by atoms with Crippen LogP contribution in [0.15, 0.2) is 34.9 Å². The van der Waals surface area contributed by atoms with E-state index in [1.165, 1.54) is 6.26 Å². The molecule has 0 spiro atoms. The van der Waals surface area contributed by atoms with Crippen molar-refractivity contribution in [1.29, 1.82) is 0 Å². The van der Waals surface area contributed by atoms with Crippen LogP contribution in [0.4, 0.5) is 11.4 Å². The fraction of sp³-hybridized carbons (Fsp3) is 0.368. The molecule has 0 aliphatic carbocycles. The van der Waals surface area contributed by atoms with Gasteiger partial charge in [0.05, 0.1) is 19.4 Å². The lowest BCUT2D eigenvalue weighted by molar-refractivity contribution is -0.117. The first kappa shape index (κ1) is 17.1. The van der Waals surface area contributed by atoms with E-state index in [-0.39, 0.29) is 11.9 Å². The molecule has 1 fully saturated rings. The maximum atomic E-state index is 12.0. The van der Waals surface area contributed by atoms with Crippen LogP contribution in [0, 0.1) is 6.92 Å². The number of esters is 1. The number of benzene rings is 1. The molecular weight excluding hydrogens is 320 g/mol. The Morgan fingerprint density at radius 1 is 1.36 bits per heavy atom. The molecule has 1 saturated heterocycles. The van der Waals surface area contributed by atoms with E-state index in [1.54, 1.807) is 13.0 Å². The second kappa shape index (κ2) is 7.42. The smallest absolute Gasteiger partial charge is 0.341 e. The van der Waals surface area contributed by atoms with Crippen LogP contribution < -0.4 is 10.2 Å². The molecule has 1 N–H and O–H groups in total. The van der Waals surface area contributed by atoms with Crippen molar-refractivity contribution in [2.75, 3.05) is 23.4 Å². The number of hydrogen-bond donors (Lipinski definition) is 1. The highest BCUT2D eigenvalue weighted by atomic mass is 16.5. The number of amides is 1. The molecule has 132 valence electrons. The van der Waals surface area contributed by atoms with Gasteiger partial charge in [0.2, 0.25) is 5.91 Å². The number of furan rings is 1. The van der Waals surface area contributed by atoms with Gasteiger partial charge < -0.3 is 19.4 Å². The van der Waals surface area contributed by atoms with Gasteiger partial charge in [0, 0.05) is 24.3 Å². The van der Waals surface area contributed by atoms with Crippen molar-refractivity contribution in [3.63, 3.8) is 0 Å². The molecule has 0 saturated carbocycles. The van der Waals surface area contributed by atoms with Crippen molar-refractivity contribution in [2.45, 2.75) is 33.2 Å². The zero-order chi connectivity index (χ0) is 17.8. The molecule has 1 aromatic carbocycles. The summed E-state index contributed by atoms with van der Waals surface area (Å²) in [5.41, 5.74) is 3.26. The topological polar surface area (TPSA) is 71.8 Å². The third kappa shape index (κ3) is 3.52. The van der Waals surface area contributed by atoms with Crippen molar-refractivity contribution in [3.05, 3.63) is 47.4 Å². The molecule has 0 radical (unpaired) electrons. The SMILES string of the molecule is CCOC(=O)c1ccoc1CNc1cccc(N2CCCC2=O)c1C. The molecule has 1 aliphatic heterocycles. The van der Waals surface area contributed by atoms with Crippen LogP contribution in [0.2, 0.25) is 0 Å². The number of nitrogens with one attached hydrogen (secondary N) is 1. The first-order valence-electron chi connectivity index (χ1n) is 8.49. The molecule has 0 bridgehead atoms. The molecule has 3 rings (SSSR count). The number of rotatable bonds is 6. The normalized spacial score (nSPS) is 14.0. The van der Waals surface area contributed by atoms with Crippen molar-refractivity contribution >= 4 is 23.3 Å². The zero-order valence-electron chi connectivity index (χ0n) is 14.5. The highest BCUT2D eigenvalue weighted by molar-refractivity contribution is 5.96. The van der Waals surface area contributed by atoms with Crippen LogP contribution in [0.5, 0.6) is 0 Å². The summed E-state index contributed by atoms with van der Waals surface area (Å²) < 4.78 is 10.4. The summed E-state index contributed by atoms with van der Waals surface area (Å²) in [6.45, 7) is 5.19. The maximum absolute atomic E-state index is 12.0. The van der Waals surface area contributed by atoms with E-state index in [2.05, 4.69) is 5.32 Å². The van der Waals surface area contributed by atoms with Gasteiger partial charge >= 0.3 is 5.97 Å². The summed E-state index contributed by atoms with van der Waals surface area (Å²) in [4.78, 5) is 25.7. The number of anilines is 2. The van der Waals surface area contributed by atoms with E-state index in [4.69, 9.17) is 9.15 Å². The second-order valence-corrected chi connectivity index (χ2v) is 5.93. The molecular formula is C19H22N2O4. The van der Waals surface area contributed by atoms with Gasteiger partial charge in [-0.25, -0.2) is 4.79 Å². The first-order chi connectivity index (χ1) is 12.1. The largest absolute Gasteiger partial charge is 0.467 e. The number of nitrogens with zero attached hydrogens (tertiary/aromatic N) is 1. The first-order valence-corrected chi connectivity index (χ1v) is 8.49. The highest BCUT2D eigenvalue weighted by Gasteiger charge is 2.23. The molecule has 1 amide bonds. The van der Waals surface area contributed by atoms with E-state index in [0.29, 0.717) is 30.9 Å². The summed E-state index contributed by atoms with van der Waals surface area (Å²) in [6.07, 6.45) is 2.98. The minimum Gasteiger partial charge on any atom is -0.467 e. The fourth-order valence-electron chi connectivity index (χ4n) is 3.05. The van der Waals surface area contributed by atoms with Crippen LogP contribution in [-0.2, 0) is 16.1 Å². The third-order valence-electron chi connectivity index (χ3n) is 4.35. The van der Waals surface area contributed by atoms with Crippen LogP contribution in [0.25, 0.3) is 0 Å². The third-order valence-corrected chi connectivity index (χ3v) is 4.35. The van der Waals surface area contributed by atoms with Crippen LogP contribution in [0.3, 0.4) is 0 Å². The molecule has 6 heteroatoms. The highest BCUT2D eigenvalue weighted by Crippen LogP contribution is 2.30. The predicted molar refractivity (Wildman–Crippen MR) is 94.8 cm³/mol. The minimum absolute atomic E-state index is 0.163. The number of carbonyl (C=O) groups excluding carboxylic acids is 2. The Morgan fingerprint density at radius 3 is 2.92 bits per heavy atom. The Morgan fingerprint density at radius 2 is 2.20 bits per heavy atom. The van der Waals surface area contributed by atoms with Crippen LogP contribution in [-0.4, -0.2) is 25.0 Å². The summed E-state index contributed by atoms with van der Waals surface area (Å²) in [7, 11) is 0. The molecule has 0 atom stereocenters. The molecule has 2 heterocycles. The van der Waals surface area contributed by atoms with Gasteiger partial charge in [-0.3, -0.25) is 4.79 Å². The Kier molecular flexibility index (Phi) is 5.07. The maximum Gasteiger partial charge on any atom is 0.341 e. The van der Waals surface area contributed by atoms with Crippen LogP contribution >= 0.6 is 0 Å². The van der Waals surface area contributed by atoms with Crippen molar-refractivity contribution < 1.29 is 18.7 Å². The Labute approximate surface area is 146 Å². The summed E-state index contributed by atoms with van der Waals surface area (Å²) in [6, 6.07) is 7.44. The predicted octanol–water partition coefficient (Wildman–Crippen LogP) is 3.50. The van der Waals surface area contributed by atoms with Gasteiger partial charge in [0.25, 0.3) is 0 Å². The average Bonchev–Trinajstić information content (AvgIpc) is 3.23. The van der Waals surface area contributed by atoms with Gasteiger partial charge in [-0.1, -0.05) is 6.07 Å². The number of carbonyl (C=O) groups is 2. The van der Waals surface area contributed by atoms with Crippen LogP contribution in [0.1, 0.15) is 41.4 Å². The summed E-state index contributed by atoms with van der Waals surface area (Å²) >= 11 is 0. The standard InChI is InChI=1S/C19H22N2O4/c1-3-24-19(23)14-9-11-25-17(14)12-20-15-6-4-7-16(13(15)2)21-10-5-8-18(21)22/h4,6-7,9,11,20H,3,5,8,10,12H2,1-2H3. The van der Waals surface area contributed by atoms with Gasteiger partial charge in [-0.05, 0) is 44.0 Å². The molecule has 1 aliphatic rings. The summed E-state index contributed by atoms with van der Waals surface area (Å²) in [5, 5.41) is 3.29. The Balaban J connectivity index is 1.75. The van der Waals surface area contributed by atoms with E-state index >= 15 is 0 Å². The molecule has 0 unspecified atom stereocenters. The lowest BCUT2D eigenvalue weighted by Crippen LogP contribution is -2.24. The Bertz CT molecular complexity index is 781. The second-order valence-electron chi connectivity index (χ2n) is 5.93. The van der Waals surface area contributed by atoms with Crippen molar-refractivity contribution in [2.24, 2.45) is 0 Å². The van der Waals surface area contributed by atoms with Crippen molar-refractivity contribution in [1.82, 2.24) is 0 Å². The average molecular weight is 342 g/mol. The van der Waals surface area contributed by atoms with Gasteiger partial charge in [0.1, 0.15) is 11.3 Å². The molecule has 2 aromatic rings. The van der Waals surface area contributed by atoms with Gasteiger partial charge in [-0.15, -0.1) is 0 Å². The van der Waals surface area contributed by atoms with E-state index in [0.717, 1.165) is 29.9 Å². The molecule has 6 nitrogen and oxygen atoms in total. The zero-order valence-corrected chi connectivity index (χ0v) is 14.5.